The maximum atomic E-state index is 11.7. The number of benzene rings is 2. The minimum absolute atomic E-state index is 0.166. The minimum Gasteiger partial charge on any atom is -0.493 e. The number of ether oxygens (including phenoxy) is 1. The molecular formula is C18H20N2O3. The Bertz CT molecular complexity index is 656. The molecule has 5 nitrogen and oxygen atoms in total. The first kappa shape index (κ1) is 16.5. The molecule has 120 valence electrons. The van der Waals surface area contributed by atoms with E-state index in [-0.39, 0.29) is 31.3 Å². The molecule has 0 fully saturated rings. The number of nitrogens with one attached hydrogen (secondary N) is 2. The highest BCUT2D eigenvalue weighted by molar-refractivity contribution is 5.83. The Labute approximate surface area is 135 Å². The SMILES string of the molecule is Cc1cccc(OCCC(=O)NNC(=O)Cc2ccccc2)c1. The van der Waals surface area contributed by atoms with Gasteiger partial charge in [0.15, 0.2) is 0 Å². The van der Waals surface area contributed by atoms with Gasteiger partial charge in [-0.25, -0.2) is 0 Å². The zero-order valence-electron chi connectivity index (χ0n) is 13.0. The van der Waals surface area contributed by atoms with Crippen molar-refractivity contribution in [3.8, 4) is 5.75 Å². The summed E-state index contributed by atoms with van der Waals surface area (Å²) in [7, 11) is 0. The topological polar surface area (TPSA) is 67.4 Å². The fourth-order valence-corrected chi connectivity index (χ4v) is 1.99. The maximum absolute atomic E-state index is 11.7. The van der Waals surface area contributed by atoms with Gasteiger partial charge in [0.25, 0.3) is 0 Å². The Kier molecular flexibility index (Phi) is 6.17. The third-order valence-corrected chi connectivity index (χ3v) is 3.14. The average molecular weight is 312 g/mol. The van der Waals surface area contributed by atoms with Gasteiger partial charge in [-0.3, -0.25) is 20.4 Å². The van der Waals surface area contributed by atoms with Crippen molar-refractivity contribution in [2.45, 2.75) is 19.8 Å². The highest BCUT2D eigenvalue weighted by atomic mass is 16.5. The van der Waals surface area contributed by atoms with Crippen LogP contribution in [0.1, 0.15) is 17.5 Å². The Morgan fingerprint density at radius 1 is 0.957 bits per heavy atom. The van der Waals surface area contributed by atoms with Gasteiger partial charge in [-0.1, -0.05) is 42.5 Å². The first-order valence-corrected chi connectivity index (χ1v) is 7.44. The number of carbonyl (C=O) groups is 2. The zero-order chi connectivity index (χ0) is 16.5. The highest BCUT2D eigenvalue weighted by Gasteiger charge is 2.06. The number of hydrazine groups is 1. The van der Waals surface area contributed by atoms with E-state index in [4.69, 9.17) is 4.74 Å². The van der Waals surface area contributed by atoms with Crippen LogP contribution in [0.25, 0.3) is 0 Å². The van der Waals surface area contributed by atoms with Crippen molar-refractivity contribution < 1.29 is 14.3 Å². The fourth-order valence-electron chi connectivity index (χ4n) is 1.99. The van der Waals surface area contributed by atoms with Gasteiger partial charge in [0.2, 0.25) is 11.8 Å². The van der Waals surface area contributed by atoms with Crippen molar-refractivity contribution in [2.75, 3.05) is 6.61 Å². The molecule has 0 aromatic heterocycles. The van der Waals surface area contributed by atoms with Gasteiger partial charge in [0, 0.05) is 0 Å². The first-order valence-electron chi connectivity index (χ1n) is 7.44. The summed E-state index contributed by atoms with van der Waals surface area (Å²) in [4.78, 5) is 23.3. The van der Waals surface area contributed by atoms with E-state index in [1.165, 1.54) is 0 Å². The normalized spacial score (nSPS) is 9.96. The van der Waals surface area contributed by atoms with Crippen molar-refractivity contribution in [2.24, 2.45) is 0 Å². The Hall–Kier alpha value is -2.82. The number of hydrogen-bond acceptors (Lipinski definition) is 3. The smallest absolute Gasteiger partial charge is 0.242 e. The van der Waals surface area contributed by atoms with Gasteiger partial charge >= 0.3 is 0 Å². The second kappa shape index (κ2) is 8.58. The van der Waals surface area contributed by atoms with E-state index in [1.807, 2.05) is 61.5 Å². The van der Waals surface area contributed by atoms with E-state index >= 15 is 0 Å². The number of rotatable bonds is 6. The van der Waals surface area contributed by atoms with Crippen LogP contribution in [0.2, 0.25) is 0 Å². The van der Waals surface area contributed by atoms with E-state index in [2.05, 4.69) is 10.9 Å². The molecule has 23 heavy (non-hydrogen) atoms. The summed E-state index contributed by atoms with van der Waals surface area (Å²) in [6.45, 7) is 2.23. The molecule has 2 amide bonds. The number of amides is 2. The molecule has 2 aromatic carbocycles. The van der Waals surface area contributed by atoms with E-state index in [0.717, 1.165) is 16.9 Å². The largest absolute Gasteiger partial charge is 0.493 e. The molecule has 0 bridgehead atoms. The lowest BCUT2D eigenvalue weighted by molar-refractivity contribution is -0.128. The summed E-state index contributed by atoms with van der Waals surface area (Å²) >= 11 is 0. The molecule has 0 aliphatic heterocycles. The Balaban J connectivity index is 1.64. The third-order valence-electron chi connectivity index (χ3n) is 3.14. The lowest BCUT2D eigenvalue weighted by Crippen LogP contribution is -2.42. The van der Waals surface area contributed by atoms with Crippen LogP contribution in [0.5, 0.6) is 5.75 Å². The van der Waals surface area contributed by atoms with Crippen molar-refractivity contribution >= 4 is 11.8 Å². The Morgan fingerprint density at radius 3 is 2.43 bits per heavy atom. The number of hydrogen-bond donors (Lipinski definition) is 2. The second-order valence-corrected chi connectivity index (χ2v) is 5.17. The van der Waals surface area contributed by atoms with Crippen molar-refractivity contribution in [1.29, 1.82) is 0 Å². The van der Waals surface area contributed by atoms with Crippen LogP contribution in [0.3, 0.4) is 0 Å². The molecular weight excluding hydrogens is 292 g/mol. The molecule has 0 spiro atoms. The molecule has 0 unspecified atom stereocenters. The molecule has 2 rings (SSSR count). The molecule has 0 heterocycles. The quantitative estimate of drug-likeness (QED) is 0.803. The molecule has 0 aliphatic carbocycles. The van der Waals surface area contributed by atoms with Crippen molar-refractivity contribution in [3.63, 3.8) is 0 Å². The lowest BCUT2D eigenvalue weighted by atomic mass is 10.1. The van der Waals surface area contributed by atoms with Crippen LogP contribution >= 0.6 is 0 Å². The predicted octanol–water partition coefficient (Wildman–Crippen LogP) is 2.15. The van der Waals surface area contributed by atoms with E-state index in [1.54, 1.807) is 0 Å². The third kappa shape index (κ3) is 6.22. The van der Waals surface area contributed by atoms with Crippen LogP contribution in [-0.2, 0) is 16.0 Å². The molecule has 5 heteroatoms. The van der Waals surface area contributed by atoms with Crippen molar-refractivity contribution in [1.82, 2.24) is 10.9 Å². The molecule has 2 N–H and O–H groups in total. The summed E-state index contributed by atoms with van der Waals surface area (Å²) in [5.74, 6) is 0.175. The number of aryl methyl sites for hydroxylation is 1. The molecule has 0 radical (unpaired) electrons. The summed E-state index contributed by atoms with van der Waals surface area (Å²) < 4.78 is 5.49. The zero-order valence-corrected chi connectivity index (χ0v) is 13.0. The van der Waals surface area contributed by atoms with Crippen LogP contribution in [0, 0.1) is 6.92 Å². The number of carbonyl (C=O) groups excluding carboxylic acids is 2. The fraction of sp³-hybridized carbons (Fsp3) is 0.222. The highest BCUT2D eigenvalue weighted by Crippen LogP contribution is 2.12. The lowest BCUT2D eigenvalue weighted by Gasteiger charge is -2.09. The minimum atomic E-state index is -0.293. The summed E-state index contributed by atoms with van der Waals surface area (Å²) in [6, 6.07) is 16.9. The molecule has 0 saturated heterocycles. The van der Waals surface area contributed by atoms with E-state index in [0.29, 0.717) is 0 Å². The van der Waals surface area contributed by atoms with Gasteiger partial charge < -0.3 is 4.74 Å². The van der Waals surface area contributed by atoms with Gasteiger partial charge in [-0.05, 0) is 30.2 Å². The van der Waals surface area contributed by atoms with Crippen molar-refractivity contribution in [3.05, 3.63) is 65.7 Å². The molecule has 0 aliphatic rings. The van der Waals surface area contributed by atoms with Gasteiger partial charge in [-0.15, -0.1) is 0 Å². The maximum Gasteiger partial charge on any atom is 0.242 e. The summed E-state index contributed by atoms with van der Waals surface area (Å²) in [5, 5.41) is 0. The first-order chi connectivity index (χ1) is 11.1. The van der Waals surface area contributed by atoms with E-state index in [9.17, 15) is 9.59 Å². The van der Waals surface area contributed by atoms with Gasteiger partial charge in [0.1, 0.15) is 5.75 Å². The Morgan fingerprint density at radius 2 is 1.70 bits per heavy atom. The van der Waals surface area contributed by atoms with E-state index < -0.39 is 0 Å². The van der Waals surface area contributed by atoms with Gasteiger partial charge in [0.05, 0.1) is 19.4 Å². The second-order valence-electron chi connectivity index (χ2n) is 5.17. The molecule has 2 aromatic rings. The average Bonchev–Trinajstić information content (AvgIpc) is 2.54. The van der Waals surface area contributed by atoms with Crippen LogP contribution < -0.4 is 15.6 Å². The van der Waals surface area contributed by atoms with Gasteiger partial charge in [-0.2, -0.15) is 0 Å². The van der Waals surface area contributed by atoms with Crippen LogP contribution in [-0.4, -0.2) is 18.4 Å². The molecule has 0 saturated carbocycles. The summed E-state index contributed by atoms with van der Waals surface area (Å²) in [5.41, 5.74) is 6.76. The monoisotopic (exact) mass is 312 g/mol. The summed E-state index contributed by atoms with van der Waals surface area (Å²) in [6.07, 6.45) is 0.389. The van der Waals surface area contributed by atoms with Crippen LogP contribution in [0.4, 0.5) is 0 Å². The van der Waals surface area contributed by atoms with Crippen LogP contribution in [0.15, 0.2) is 54.6 Å². The predicted molar refractivity (Wildman–Crippen MR) is 87.7 cm³/mol. The standard InChI is InChI=1S/C18H20N2O3/c1-14-6-5-9-16(12-14)23-11-10-17(21)19-20-18(22)13-15-7-3-2-4-8-15/h2-9,12H,10-11,13H2,1H3,(H,19,21)(H,20,22). The molecule has 0 atom stereocenters.